The first-order valence-electron chi connectivity index (χ1n) is 10.5. The number of fused-ring (bicyclic) bond motifs is 1. The predicted molar refractivity (Wildman–Crippen MR) is 125 cm³/mol. The van der Waals surface area contributed by atoms with Gasteiger partial charge in [0.05, 0.1) is 5.56 Å². The molecule has 4 nitrogen and oxygen atoms in total. The molecule has 4 heteroatoms. The van der Waals surface area contributed by atoms with E-state index in [-0.39, 0.29) is 23.0 Å². The third kappa shape index (κ3) is 3.26. The highest BCUT2D eigenvalue weighted by atomic mass is 16.3. The Hall–Kier alpha value is -4.18. The first-order chi connectivity index (χ1) is 15.5. The van der Waals surface area contributed by atoms with Gasteiger partial charge in [-0.15, -0.1) is 0 Å². The number of phenols is 1. The minimum absolute atomic E-state index is 0.102. The van der Waals surface area contributed by atoms with E-state index >= 15 is 0 Å². The number of aromatic hydroxyl groups is 1. The number of Topliss-reactive ketones (excluding diaryl/α,β-unsaturated/α-hetero) is 1. The maximum absolute atomic E-state index is 13.9. The van der Waals surface area contributed by atoms with Crippen molar-refractivity contribution in [1.29, 1.82) is 0 Å². The van der Waals surface area contributed by atoms with E-state index in [1.54, 1.807) is 24.3 Å². The predicted octanol–water partition coefficient (Wildman–Crippen LogP) is 5.95. The van der Waals surface area contributed by atoms with Crippen molar-refractivity contribution in [3.8, 4) is 16.9 Å². The van der Waals surface area contributed by atoms with Crippen LogP contribution in [-0.4, -0.2) is 16.8 Å². The SMILES string of the molecule is Cc1ccc(N2C(=O)c3ccccc3[C@H]2C(=O)c2cc(-c3ccccc3)ccc2O)cc1. The summed E-state index contributed by atoms with van der Waals surface area (Å²) in [6, 6.07) is 28.6. The number of carbonyl (C=O) groups is 2. The van der Waals surface area contributed by atoms with Crippen LogP contribution in [-0.2, 0) is 0 Å². The van der Waals surface area contributed by atoms with E-state index in [4.69, 9.17) is 0 Å². The van der Waals surface area contributed by atoms with Gasteiger partial charge in [-0.3, -0.25) is 14.5 Å². The first-order valence-corrected chi connectivity index (χ1v) is 10.5. The summed E-state index contributed by atoms with van der Waals surface area (Å²) < 4.78 is 0. The van der Waals surface area contributed by atoms with Crippen molar-refractivity contribution in [2.24, 2.45) is 0 Å². The summed E-state index contributed by atoms with van der Waals surface area (Å²) in [4.78, 5) is 28.7. The second-order valence-corrected chi connectivity index (χ2v) is 7.96. The zero-order valence-electron chi connectivity index (χ0n) is 17.5. The number of phenolic OH excluding ortho intramolecular Hbond substituents is 1. The molecule has 0 bridgehead atoms. The second-order valence-electron chi connectivity index (χ2n) is 7.96. The van der Waals surface area contributed by atoms with Crippen molar-refractivity contribution >= 4 is 17.4 Å². The molecule has 5 rings (SSSR count). The van der Waals surface area contributed by atoms with Gasteiger partial charge in [0.25, 0.3) is 5.91 Å². The highest BCUT2D eigenvalue weighted by Crippen LogP contribution is 2.41. The topological polar surface area (TPSA) is 57.6 Å². The molecule has 1 atom stereocenters. The van der Waals surface area contributed by atoms with E-state index < -0.39 is 6.04 Å². The zero-order valence-corrected chi connectivity index (χ0v) is 17.5. The molecule has 0 aromatic heterocycles. The van der Waals surface area contributed by atoms with Gasteiger partial charge in [-0.2, -0.15) is 0 Å². The van der Waals surface area contributed by atoms with Crippen molar-refractivity contribution in [3.05, 3.63) is 119 Å². The van der Waals surface area contributed by atoms with Gasteiger partial charge >= 0.3 is 0 Å². The van der Waals surface area contributed by atoms with Gasteiger partial charge in [0, 0.05) is 11.3 Å². The Kier molecular flexibility index (Phi) is 4.83. The number of nitrogens with zero attached hydrogens (tertiary/aromatic N) is 1. The Bertz CT molecular complexity index is 1330. The van der Waals surface area contributed by atoms with Crippen LogP contribution in [0.25, 0.3) is 11.1 Å². The van der Waals surface area contributed by atoms with Crippen LogP contribution in [0.4, 0.5) is 5.69 Å². The highest BCUT2D eigenvalue weighted by Gasteiger charge is 2.42. The molecule has 0 spiro atoms. The summed E-state index contributed by atoms with van der Waals surface area (Å²) in [7, 11) is 0. The molecule has 0 saturated carbocycles. The molecule has 0 aliphatic carbocycles. The van der Waals surface area contributed by atoms with Crippen LogP contribution in [0.3, 0.4) is 0 Å². The van der Waals surface area contributed by atoms with Crippen LogP contribution < -0.4 is 4.90 Å². The molecule has 1 aliphatic heterocycles. The van der Waals surface area contributed by atoms with E-state index in [0.717, 1.165) is 16.7 Å². The van der Waals surface area contributed by atoms with Gasteiger partial charge in [-0.1, -0.05) is 72.3 Å². The fourth-order valence-electron chi connectivity index (χ4n) is 4.24. The van der Waals surface area contributed by atoms with Gasteiger partial charge in [-0.05, 0) is 53.9 Å². The number of anilines is 1. The lowest BCUT2D eigenvalue weighted by Gasteiger charge is -2.25. The number of hydrogen-bond donors (Lipinski definition) is 1. The average molecular weight is 419 g/mol. The Morgan fingerprint density at radius 2 is 1.50 bits per heavy atom. The smallest absolute Gasteiger partial charge is 0.259 e. The molecule has 1 heterocycles. The Morgan fingerprint density at radius 3 is 2.25 bits per heavy atom. The lowest BCUT2D eigenvalue weighted by Crippen LogP contribution is -2.32. The largest absolute Gasteiger partial charge is 0.507 e. The van der Waals surface area contributed by atoms with Crippen LogP contribution in [0.1, 0.15) is 37.9 Å². The van der Waals surface area contributed by atoms with Crippen molar-refractivity contribution in [3.63, 3.8) is 0 Å². The molecule has 156 valence electrons. The van der Waals surface area contributed by atoms with Crippen molar-refractivity contribution in [2.45, 2.75) is 13.0 Å². The standard InChI is InChI=1S/C28H21NO3/c1-18-11-14-21(15-12-18)29-26(22-9-5-6-10-23(22)28(29)32)27(31)24-17-20(13-16-25(24)30)19-7-3-2-4-8-19/h2-17,26,30H,1H3/t26-/m0/s1. The van der Waals surface area contributed by atoms with E-state index in [0.29, 0.717) is 16.8 Å². The minimum Gasteiger partial charge on any atom is -0.507 e. The Labute approximate surface area is 186 Å². The molecular formula is C28H21NO3. The Balaban J connectivity index is 1.64. The van der Waals surface area contributed by atoms with E-state index in [9.17, 15) is 14.7 Å². The summed E-state index contributed by atoms with van der Waals surface area (Å²) >= 11 is 0. The number of aryl methyl sites for hydroxylation is 1. The third-order valence-corrected chi connectivity index (χ3v) is 5.89. The fraction of sp³-hybridized carbons (Fsp3) is 0.0714. The summed E-state index contributed by atoms with van der Waals surface area (Å²) in [5.41, 5.74) is 4.82. The lowest BCUT2D eigenvalue weighted by molar-refractivity contribution is 0.0914. The number of hydrogen-bond acceptors (Lipinski definition) is 3. The Morgan fingerprint density at radius 1 is 0.812 bits per heavy atom. The zero-order chi connectivity index (χ0) is 22.2. The molecule has 1 amide bonds. The molecule has 32 heavy (non-hydrogen) atoms. The maximum Gasteiger partial charge on any atom is 0.259 e. The number of carbonyl (C=O) groups excluding carboxylic acids is 2. The van der Waals surface area contributed by atoms with Gasteiger partial charge in [0.15, 0.2) is 5.78 Å². The van der Waals surface area contributed by atoms with Crippen LogP contribution in [0.15, 0.2) is 97.1 Å². The van der Waals surface area contributed by atoms with Crippen LogP contribution >= 0.6 is 0 Å². The number of benzene rings is 4. The van der Waals surface area contributed by atoms with E-state index in [1.165, 1.54) is 11.0 Å². The molecule has 0 saturated heterocycles. The molecule has 1 N–H and O–H groups in total. The van der Waals surface area contributed by atoms with E-state index in [2.05, 4.69) is 0 Å². The second kappa shape index (κ2) is 7.82. The van der Waals surface area contributed by atoms with Crippen LogP contribution in [0, 0.1) is 6.92 Å². The maximum atomic E-state index is 13.9. The lowest BCUT2D eigenvalue weighted by atomic mass is 9.93. The average Bonchev–Trinajstić information content (AvgIpc) is 3.12. The molecule has 4 aromatic carbocycles. The van der Waals surface area contributed by atoms with E-state index in [1.807, 2.05) is 73.7 Å². The number of amides is 1. The van der Waals surface area contributed by atoms with Gasteiger partial charge in [0.2, 0.25) is 0 Å². The highest BCUT2D eigenvalue weighted by molar-refractivity contribution is 6.19. The summed E-state index contributed by atoms with van der Waals surface area (Å²) in [5, 5.41) is 10.6. The molecule has 0 unspecified atom stereocenters. The molecule has 0 fully saturated rings. The molecule has 0 radical (unpaired) electrons. The van der Waals surface area contributed by atoms with Crippen LogP contribution in [0.5, 0.6) is 5.75 Å². The summed E-state index contributed by atoms with van der Waals surface area (Å²) in [6.07, 6.45) is 0. The summed E-state index contributed by atoms with van der Waals surface area (Å²) in [6.45, 7) is 1.97. The van der Waals surface area contributed by atoms with Crippen LogP contribution in [0.2, 0.25) is 0 Å². The van der Waals surface area contributed by atoms with Crippen molar-refractivity contribution < 1.29 is 14.7 Å². The number of rotatable bonds is 4. The molecule has 4 aromatic rings. The molecular weight excluding hydrogens is 398 g/mol. The van der Waals surface area contributed by atoms with Crippen molar-refractivity contribution in [2.75, 3.05) is 4.90 Å². The third-order valence-electron chi connectivity index (χ3n) is 5.89. The number of ketones is 1. The quantitative estimate of drug-likeness (QED) is 0.416. The minimum atomic E-state index is -0.849. The normalized spacial score (nSPS) is 15.0. The molecule has 1 aliphatic rings. The first kappa shape index (κ1) is 19.8. The fourth-order valence-corrected chi connectivity index (χ4v) is 4.24. The van der Waals surface area contributed by atoms with Gasteiger partial charge in [0.1, 0.15) is 11.8 Å². The van der Waals surface area contributed by atoms with Gasteiger partial charge in [-0.25, -0.2) is 0 Å². The van der Waals surface area contributed by atoms with Gasteiger partial charge < -0.3 is 5.11 Å². The summed E-state index contributed by atoms with van der Waals surface area (Å²) in [5.74, 6) is -0.643. The monoisotopic (exact) mass is 419 g/mol. The van der Waals surface area contributed by atoms with Crippen molar-refractivity contribution in [1.82, 2.24) is 0 Å².